The van der Waals surface area contributed by atoms with Gasteiger partial charge < -0.3 is 15.0 Å². The van der Waals surface area contributed by atoms with Gasteiger partial charge in [-0.05, 0) is 37.5 Å². The van der Waals surface area contributed by atoms with Crippen LogP contribution in [0, 0.1) is 0 Å². The normalized spacial score (nSPS) is 11.1. The Morgan fingerprint density at radius 3 is 2.80 bits per heavy atom. The second-order valence-corrected chi connectivity index (χ2v) is 7.45. The highest BCUT2D eigenvalue weighted by atomic mass is 35.5. The summed E-state index contributed by atoms with van der Waals surface area (Å²) in [6, 6.07) is 7.84. The van der Waals surface area contributed by atoms with Crippen LogP contribution in [-0.2, 0) is 17.7 Å². The predicted molar refractivity (Wildman–Crippen MR) is 101 cm³/mol. The van der Waals surface area contributed by atoms with E-state index in [9.17, 15) is 4.79 Å². The van der Waals surface area contributed by atoms with Crippen molar-refractivity contribution in [2.24, 2.45) is 5.73 Å². The fourth-order valence-corrected chi connectivity index (χ4v) is 4.09. The molecular formula is C18H24ClN3O2S. The second-order valence-electron chi connectivity index (χ2n) is 5.95. The van der Waals surface area contributed by atoms with Gasteiger partial charge in [-0.3, -0.25) is 0 Å². The van der Waals surface area contributed by atoms with Gasteiger partial charge in [0.2, 0.25) is 0 Å². The molecule has 1 amide bonds. The van der Waals surface area contributed by atoms with Gasteiger partial charge in [-0.2, -0.15) is 0 Å². The van der Waals surface area contributed by atoms with Crippen molar-refractivity contribution >= 4 is 29.5 Å². The van der Waals surface area contributed by atoms with Gasteiger partial charge in [-0.1, -0.05) is 43.3 Å². The highest BCUT2D eigenvalue weighted by Crippen LogP contribution is 2.35. The minimum Gasteiger partial charge on any atom is -0.450 e. The Kier molecular flexibility index (Phi) is 7.20. The second kappa shape index (κ2) is 9.15. The zero-order valence-corrected chi connectivity index (χ0v) is 16.4. The zero-order chi connectivity index (χ0) is 18.4. The number of rotatable bonds is 8. The number of carbonyl (C=O) groups excluding carboxylic acids is 1. The highest BCUT2D eigenvalue weighted by Gasteiger charge is 2.19. The molecule has 2 N–H and O–H groups in total. The van der Waals surface area contributed by atoms with E-state index in [4.69, 9.17) is 27.1 Å². The summed E-state index contributed by atoms with van der Waals surface area (Å²) in [7, 11) is 0. The Bertz CT molecular complexity index is 731. The van der Waals surface area contributed by atoms with E-state index in [1.807, 2.05) is 24.3 Å². The number of primary amides is 1. The number of benzene rings is 1. The van der Waals surface area contributed by atoms with E-state index in [-0.39, 0.29) is 0 Å². The molecular weight excluding hydrogens is 358 g/mol. The van der Waals surface area contributed by atoms with Crippen molar-refractivity contribution in [2.75, 3.05) is 6.61 Å². The molecule has 136 valence electrons. The minimum atomic E-state index is -0.737. The summed E-state index contributed by atoms with van der Waals surface area (Å²) in [5.74, 6) is 1.32. The van der Waals surface area contributed by atoms with Crippen LogP contribution in [0.4, 0.5) is 4.79 Å². The lowest BCUT2D eigenvalue weighted by Gasteiger charge is -2.11. The van der Waals surface area contributed by atoms with E-state index in [0.717, 1.165) is 39.4 Å². The van der Waals surface area contributed by atoms with Crippen molar-refractivity contribution in [2.45, 2.75) is 56.0 Å². The molecule has 1 aromatic heterocycles. The summed E-state index contributed by atoms with van der Waals surface area (Å²) in [4.78, 5) is 16.6. The maximum Gasteiger partial charge on any atom is 0.404 e. The third-order valence-corrected chi connectivity index (χ3v) is 5.04. The van der Waals surface area contributed by atoms with Gasteiger partial charge in [0.25, 0.3) is 0 Å². The quantitative estimate of drug-likeness (QED) is 0.663. The van der Waals surface area contributed by atoms with Crippen molar-refractivity contribution in [1.82, 2.24) is 9.55 Å². The van der Waals surface area contributed by atoms with Gasteiger partial charge >= 0.3 is 6.09 Å². The van der Waals surface area contributed by atoms with Crippen LogP contribution in [0.1, 0.15) is 44.6 Å². The molecule has 0 aliphatic carbocycles. The number of aromatic nitrogens is 2. The number of nitrogens with zero attached hydrogens (tertiary/aromatic N) is 2. The minimum absolute atomic E-state index is 0.305. The third-order valence-electron chi connectivity index (χ3n) is 3.69. The first kappa shape index (κ1) is 19.7. The fraction of sp³-hybridized carbons (Fsp3) is 0.444. The molecule has 1 aromatic carbocycles. The van der Waals surface area contributed by atoms with E-state index in [2.05, 4.69) is 25.3 Å². The Hall–Kier alpha value is -1.66. The van der Waals surface area contributed by atoms with Crippen LogP contribution in [0.3, 0.4) is 0 Å². The zero-order valence-electron chi connectivity index (χ0n) is 14.8. The molecule has 0 unspecified atom stereocenters. The molecule has 2 rings (SSSR count). The van der Waals surface area contributed by atoms with Crippen LogP contribution in [-0.4, -0.2) is 22.3 Å². The van der Waals surface area contributed by atoms with Gasteiger partial charge in [0.15, 0.2) is 0 Å². The number of amides is 1. The first-order valence-electron chi connectivity index (χ1n) is 8.37. The van der Waals surface area contributed by atoms with Gasteiger partial charge in [0.1, 0.15) is 10.9 Å². The third kappa shape index (κ3) is 5.41. The number of halogens is 1. The monoisotopic (exact) mass is 381 g/mol. The van der Waals surface area contributed by atoms with Crippen molar-refractivity contribution in [3.05, 3.63) is 40.8 Å². The van der Waals surface area contributed by atoms with Crippen LogP contribution in [0.25, 0.3) is 0 Å². The molecule has 25 heavy (non-hydrogen) atoms. The molecule has 0 bridgehead atoms. The maximum absolute atomic E-state index is 10.7. The first-order chi connectivity index (χ1) is 11.9. The highest BCUT2D eigenvalue weighted by molar-refractivity contribution is 7.99. The summed E-state index contributed by atoms with van der Waals surface area (Å²) >= 11 is 7.80. The molecule has 0 aliphatic heterocycles. The van der Waals surface area contributed by atoms with Crippen LogP contribution in [0.15, 0.2) is 34.2 Å². The number of nitrogens with two attached hydrogens (primary N) is 1. The largest absolute Gasteiger partial charge is 0.450 e. The van der Waals surface area contributed by atoms with E-state index in [1.54, 1.807) is 11.8 Å². The first-order valence-corrected chi connectivity index (χ1v) is 9.56. The van der Waals surface area contributed by atoms with Crippen LogP contribution < -0.4 is 5.73 Å². The van der Waals surface area contributed by atoms with Gasteiger partial charge in [0, 0.05) is 22.9 Å². The van der Waals surface area contributed by atoms with Crippen LogP contribution in [0.2, 0.25) is 5.02 Å². The molecule has 0 fully saturated rings. The van der Waals surface area contributed by atoms with E-state index in [1.165, 1.54) is 0 Å². The Labute approximate surface area is 157 Å². The van der Waals surface area contributed by atoms with Gasteiger partial charge in [-0.15, -0.1) is 0 Å². The van der Waals surface area contributed by atoms with Gasteiger partial charge in [-0.25, -0.2) is 9.78 Å². The van der Waals surface area contributed by atoms with Crippen LogP contribution >= 0.6 is 23.4 Å². The molecule has 0 saturated carbocycles. The van der Waals surface area contributed by atoms with E-state index >= 15 is 0 Å². The Morgan fingerprint density at radius 2 is 2.20 bits per heavy atom. The summed E-state index contributed by atoms with van der Waals surface area (Å²) < 4.78 is 7.04. The smallest absolute Gasteiger partial charge is 0.404 e. The fourth-order valence-electron chi connectivity index (χ4n) is 2.55. The number of ether oxygens (including phenoxy) is 1. The maximum atomic E-state index is 10.7. The van der Waals surface area contributed by atoms with E-state index < -0.39 is 6.09 Å². The Morgan fingerprint density at radius 1 is 1.44 bits per heavy atom. The van der Waals surface area contributed by atoms with Gasteiger partial charge in [0.05, 0.1) is 12.3 Å². The standard InChI is InChI=1S/C18H24ClN3O2S/c1-4-22-15(9-6-10-24-18(20)23)21-16(12(2)3)17(22)25-14-8-5-7-13(19)11-14/h5,7-8,11-12H,4,6,9-10H2,1-3H3,(H2,20,23). The molecule has 0 aliphatic rings. The molecule has 0 saturated heterocycles. The SMILES string of the molecule is CCn1c(CCCOC(N)=O)nc(C(C)C)c1Sc1cccc(Cl)c1. The summed E-state index contributed by atoms with van der Waals surface area (Å²) in [5.41, 5.74) is 6.08. The topological polar surface area (TPSA) is 70.1 Å². The average Bonchev–Trinajstić information content (AvgIpc) is 2.89. The number of hydrogen-bond acceptors (Lipinski definition) is 4. The summed E-state index contributed by atoms with van der Waals surface area (Å²) in [6.45, 7) is 7.53. The lowest BCUT2D eigenvalue weighted by molar-refractivity contribution is 0.155. The number of hydrogen-bond donors (Lipinski definition) is 1. The number of imidazole rings is 1. The Balaban J connectivity index is 2.25. The van der Waals surface area contributed by atoms with Crippen molar-refractivity contribution < 1.29 is 9.53 Å². The van der Waals surface area contributed by atoms with Crippen molar-refractivity contribution in [3.63, 3.8) is 0 Å². The number of aryl methyl sites for hydroxylation is 1. The lowest BCUT2D eigenvalue weighted by atomic mass is 10.1. The predicted octanol–water partition coefficient (Wildman–Crippen LogP) is 4.86. The van der Waals surface area contributed by atoms with Crippen molar-refractivity contribution in [1.29, 1.82) is 0 Å². The van der Waals surface area contributed by atoms with Crippen molar-refractivity contribution in [3.8, 4) is 0 Å². The lowest BCUT2D eigenvalue weighted by Crippen LogP contribution is -2.14. The molecule has 0 spiro atoms. The number of carbonyl (C=O) groups is 1. The molecule has 7 heteroatoms. The summed E-state index contributed by atoms with van der Waals surface area (Å²) in [6.07, 6.45) is 0.689. The molecule has 2 aromatic rings. The summed E-state index contributed by atoms with van der Waals surface area (Å²) in [5, 5.41) is 1.87. The average molecular weight is 382 g/mol. The molecule has 1 heterocycles. The molecule has 0 atom stereocenters. The molecule has 5 nitrogen and oxygen atoms in total. The van der Waals surface area contributed by atoms with Crippen LogP contribution in [0.5, 0.6) is 0 Å². The van der Waals surface area contributed by atoms with E-state index in [0.29, 0.717) is 18.9 Å². The molecule has 0 radical (unpaired) electrons.